The summed E-state index contributed by atoms with van der Waals surface area (Å²) in [6, 6.07) is 11.5. The van der Waals surface area contributed by atoms with Gasteiger partial charge in [-0.15, -0.1) is 0 Å². The number of hydrogen-bond acceptors (Lipinski definition) is 5. The van der Waals surface area contributed by atoms with E-state index in [2.05, 4.69) is 10.6 Å². The Balaban J connectivity index is 1.74. The number of amides is 2. The predicted molar refractivity (Wildman–Crippen MR) is 106 cm³/mol. The number of aryl methyl sites for hydroxylation is 1. The lowest BCUT2D eigenvalue weighted by molar-refractivity contribution is -0.146. The Morgan fingerprint density at radius 2 is 1.79 bits per heavy atom. The molecule has 148 valence electrons. The largest absolute Gasteiger partial charge is 0.494 e. The minimum atomic E-state index is -0.720. The van der Waals surface area contributed by atoms with Gasteiger partial charge >= 0.3 is 5.97 Å². The van der Waals surface area contributed by atoms with Gasteiger partial charge in [0, 0.05) is 16.3 Å². The van der Waals surface area contributed by atoms with Gasteiger partial charge in [0.2, 0.25) is 0 Å². The van der Waals surface area contributed by atoms with E-state index in [0.717, 1.165) is 5.56 Å². The number of carbonyl (C=O) groups is 3. The summed E-state index contributed by atoms with van der Waals surface area (Å²) in [5, 5.41) is 5.62. The van der Waals surface area contributed by atoms with Crippen molar-refractivity contribution in [2.45, 2.75) is 13.8 Å². The lowest BCUT2D eigenvalue weighted by Crippen LogP contribution is -2.32. The SMILES string of the molecule is CCOc1ccc(C(=O)NCC(=O)OCC(=O)Nc2ccc(Cl)cc2C)cc1. The van der Waals surface area contributed by atoms with Gasteiger partial charge in [0.25, 0.3) is 11.8 Å². The maximum Gasteiger partial charge on any atom is 0.325 e. The first-order valence-electron chi connectivity index (χ1n) is 8.61. The van der Waals surface area contributed by atoms with Crippen LogP contribution in [-0.4, -0.2) is 37.5 Å². The molecule has 0 aromatic heterocycles. The minimum Gasteiger partial charge on any atom is -0.494 e. The fourth-order valence-corrected chi connectivity index (χ4v) is 2.50. The Labute approximate surface area is 168 Å². The number of hydrogen-bond donors (Lipinski definition) is 2. The second kappa shape index (κ2) is 10.3. The van der Waals surface area contributed by atoms with E-state index in [-0.39, 0.29) is 6.54 Å². The molecule has 0 bridgehead atoms. The normalized spacial score (nSPS) is 10.1. The van der Waals surface area contributed by atoms with Crippen LogP contribution in [0.25, 0.3) is 0 Å². The Kier molecular flexibility index (Phi) is 7.83. The lowest BCUT2D eigenvalue weighted by atomic mass is 10.2. The van der Waals surface area contributed by atoms with Crippen LogP contribution in [0.1, 0.15) is 22.8 Å². The number of rotatable bonds is 8. The highest BCUT2D eigenvalue weighted by Gasteiger charge is 2.12. The first-order valence-corrected chi connectivity index (χ1v) is 8.99. The number of esters is 1. The molecule has 0 spiro atoms. The van der Waals surface area contributed by atoms with E-state index in [0.29, 0.717) is 28.6 Å². The monoisotopic (exact) mass is 404 g/mol. The maximum absolute atomic E-state index is 12.0. The Morgan fingerprint density at radius 3 is 2.43 bits per heavy atom. The van der Waals surface area contributed by atoms with Gasteiger partial charge in [-0.3, -0.25) is 14.4 Å². The van der Waals surface area contributed by atoms with Crippen LogP contribution >= 0.6 is 11.6 Å². The molecule has 0 radical (unpaired) electrons. The molecule has 2 rings (SSSR count). The summed E-state index contributed by atoms with van der Waals surface area (Å²) in [5.41, 5.74) is 1.75. The summed E-state index contributed by atoms with van der Waals surface area (Å²) in [7, 11) is 0. The van der Waals surface area contributed by atoms with E-state index in [1.807, 2.05) is 6.92 Å². The molecule has 2 amide bonds. The molecule has 0 unspecified atom stereocenters. The van der Waals surface area contributed by atoms with Crippen molar-refractivity contribution in [2.75, 3.05) is 25.1 Å². The van der Waals surface area contributed by atoms with E-state index < -0.39 is 24.4 Å². The van der Waals surface area contributed by atoms with Gasteiger partial charge in [-0.2, -0.15) is 0 Å². The summed E-state index contributed by atoms with van der Waals surface area (Å²) < 4.78 is 10.2. The topological polar surface area (TPSA) is 93.7 Å². The number of halogens is 1. The molecule has 0 atom stereocenters. The molecule has 2 aromatic rings. The van der Waals surface area contributed by atoms with E-state index >= 15 is 0 Å². The molecule has 0 saturated heterocycles. The highest BCUT2D eigenvalue weighted by molar-refractivity contribution is 6.30. The van der Waals surface area contributed by atoms with Crippen molar-refractivity contribution in [2.24, 2.45) is 0 Å². The summed E-state index contributed by atoms with van der Waals surface area (Å²) in [6.45, 7) is 3.38. The van der Waals surface area contributed by atoms with Crippen LogP contribution in [0.2, 0.25) is 5.02 Å². The van der Waals surface area contributed by atoms with Crippen molar-refractivity contribution in [1.82, 2.24) is 5.32 Å². The van der Waals surface area contributed by atoms with Gasteiger partial charge in [0.05, 0.1) is 6.61 Å². The van der Waals surface area contributed by atoms with Crippen molar-refractivity contribution in [3.63, 3.8) is 0 Å². The molecule has 0 heterocycles. The Morgan fingerprint density at radius 1 is 1.07 bits per heavy atom. The average Bonchev–Trinajstić information content (AvgIpc) is 2.67. The third-order valence-corrected chi connectivity index (χ3v) is 3.88. The number of ether oxygens (including phenoxy) is 2. The van der Waals surface area contributed by atoms with Crippen molar-refractivity contribution in [3.05, 3.63) is 58.6 Å². The van der Waals surface area contributed by atoms with Crippen LogP contribution in [0.3, 0.4) is 0 Å². The van der Waals surface area contributed by atoms with Crippen LogP contribution in [0.4, 0.5) is 5.69 Å². The standard InChI is InChI=1S/C20H21ClN2O5/c1-3-27-16-7-4-14(5-8-16)20(26)22-11-19(25)28-12-18(24)23-17-9-6-15(21)10-13(17)2/h4-10H,3,11-12H2,1-2H3,(H,22,26)(H,23,24). The summed E-state index contributed by atoms with van der Waals surface area (Å²) in [4.78, 5) is 35.6. The molecule has 2 aromatic carbocycles. The van der Waals surface area contributed by atoms with Gasteiger partial charge in [-0.1, -0.05) is 11.6 Å². The summed E-state index contributed by atoms with van der Waals surface area (Å²) >= 11 is 5.86. The van der Waals surface area contributed by atoms with Crippen LogP contribution in [0.5, 0.6) is 5.75 Å². The molecule has 2 N–H and O–H groups in total. The lowest BCUT2D eigenvalue weighted by Gasteiger charge is -2.10. The van der Waals surface area contributed by atoms with Gasteiger partial charge in [-0.05, 0) is 61.9 Å². The second-order valence-corrected chi connectivity index (χ2v) is 6.24. The number of carbonyl (C=O) groups excluding carboxylic acids is 3. The molecule has 0 aliphatic rings. The molecular weight excluding hydrogens is 384 g/mol. The number of nitrogens with one attached hydrogen (secondary N) is 2. The van der Waals surface area contributed by atoms with Crippen LogP contribution in [0.15, 0.2) is 42.5 Å². The third-order valence-electron chi connectivity index (χ3n) is 3.65. The van der Waals surface area contributed by atoms with Gasteiger partial charge < -0.3 is 20.1 Å². The van der Waals surface area contributed by atoms with Crippen molar-refractivity contribution < 1.29 is 23.9 Å². The molecular formula is C20H21ClN2O5. The number of anilines is 1. The summed E-state index contributed by atoms with van der Waals surface area (Å²) in [5.74, 6) is -0.986. The molecule has 0 fully saturated rings. The zero-order valence-corrected chi connectivity index (χ0v) is 16.3. The smallest absolute Gasteiger partial charge is 0.325 e. The molecule has 0 saturated carbocycles. The first-order chi connectivity index (χ1) is 13.4. The highest BCUT2D eigenvalue weighted by atomic mass is 35.5. The van der Waals surface area contributed by atoms with E-state index in [1.54, 1.807) is 49.4 Å². The quantitative estimate of drug-likeness (QED) is 0.660. The average molecular weight is 405 g/mol. The number of benzene rings is 2. The second-order valence-electron chi connectivity index (χ2n) is 5.81. The van der Waals surface area contributed by atoms with Crippen molar-refractivity contribution in [3.8, 4) is 5.75 Å². The van der Waals surface area contributed by atoms with Crippen molar-refractivity contribution >= 4 is 35.1 Å². The Bertz CT molecular complexity index is 852. The van der Waals surface area contributed by atoms with Crippen LogP contribution < -0.4 is 15.4 Å². The van der Waals surface area contributed by atoms with Gasteiger partial charge in [0.15, 0.2) is 6.61 Å². The minimum absolute atomic E-state index is 0.348. The van der Waals surface area contributed by atoms with E-state index in [4.69, 9.17) is 21.1 Å². The molecule has 0 aliphatic heterocycles. The maximum atomic E-state index is 12.0. The van der Waals surface area contributed by atoms with E-state index in [1.165, 1.54) is 0 Å². The van der Waals surface area contributed by atoms with Gasteiger partial charge in [-0.25, -0.2) is 0 Å². The third kappa shape index (κ3) is 6.59. The molecule has 0 aliphatic carbocycles. The van der Waals surface area contributed by atoms with Crippen molar-refractivity contribution in [1.29, 1.82) is 0 Å². The molecule has 28 heavy (non-hydrogen) atoms. The molecule has 8 heteroatoms. The predicted octanol–water partition coefficient (Wildman–Crippen LogP) is 2.96. The first kappa shape index (κ1) is 21.2. The zero-order chi connectivity index (χ0) is 20.5. The van der Waals surface area contributed by atoms with E-state index in [9.17, 15) is 14.4 Å². The zero-order valence-electron chi connectivity index (χ0n) is 15.6. The summed E-state index contributed by atoms with van der Waals surface area (Å²) in [6.07, 6.45) is 0. The highest BCUT2D eigenvalue weighted by Crippen LogP contribution is 2.19. The van der Waals surface area contributed by atoms with Crippen LogP contribution in [-0.2, 0) is 14.3 Å². The fourth-order valence-electron chi connectivity index (χ4n) is 2.27. The molecule has 7 nitrogen and oxygen atoms in total. The van der Waals surface area contributed by atoms with Crippen LogP contribution in [0, 0.1) is 6.92 Å². The Hall–Kier alpha value is -3.06. The van der Waals surface area contributed by atoms with Gasteiger partial charge in [0.1, 0.15) is 12.3 Å². The fraction of sp³-hybridized carbons (Fsp3) is 0.250.